The van der Waals surface area contributed by atoms with Crippen LogP contribution in [-0.2, 0) is 0 Å². The Kier molecular flexibility index (Phi) is 2.57. The molecule has 2 nitrogen and oxygen atoms in total. The SMILES string of the molecule is Clc1cc2ccccc2c2c1NC(c1ccccc1)O2. The fourth-order valence-corrected chi connectivity index (χ4v) is 2.85. The minimum atomic E-state index is -0.186. The van der Waals surface area contributed by atoms with Crippen LogP contribution in [0.25, 0.3) is 10.8 Å². The van der Waals surface area contributed by atoms with Gasteiger partial charge < -0.3 is 10.1 Å². The lowest BCUT2D eigenvalue weighted by molar-refractivity contribution is 0.262. The first-order valence-electron chi connectivity index (χ1n) is 6.52. The molecule has 1 N–H and O–H groups in total. The molecule has 0 spiro atoms. The number of rotatable bonds is 1. The van der Waals surface area contributed by atoms with Crippen molar-refractivity contribution in [1.82, 2.24) is 0 Å². The highest BCUT2D eigenvalue weighted by atomic mass is 35.5. The van der Waals surface area contributed by atoms with E-state index < -0.39 is 0 Å². The van der Waals surface area contributed by atoms with Crippen molar-refractivity contribution in [1.29, 1.82) is 0 Å². The van der Waals surface area contributed by atoms with Crippen LogP contribution in [0.5, 0.6) is 5.75 Å². The monoisotopic (exact) mass is 281 g/mol. The first-order valence-corrected chi connectivity index (χ1v) is 6.90. The Labute approximate surface area is 121 Å². The molecule has 1 atom stereocenters. The quantitative estimate of drug-likeness (QED) is 0.678. The maximum atomic E-state index is 6.36. The number of halogens is 1. The van der Waals surface area contributed by atoms with E-state index in [1.807, 2.05) is 54.6 Å². The molecule has 3 aromatic carbocycles. The molecule has 1 unspecified atom stereocenters. The van der Waals surface area contributed by atoms with E-state index in [0.29, 0.717) is 5.02 Å². The second-order valence-electron chi connectivity index (χ2n) is 4.84. The van der Waals surface area contributed by atoms with Gasteiger partial charge in [0.15, 0.2) is 12.0 Å². The van der Waals surface area contributed by atoms with Gasteiger partial charge in [0.25, 0.3) is 0 Å². The second kappa shape index (κ2) is 4.43. The van der Waals surface area contributed by atoms with E-state index in [-0.39, 0.29) is 6.23 Å². The fourth-order valence-electron chi connectivity index (χ4n) is 2.60. The van der Waals surface area contributed by atoms with Crippen LogP contribution in [0.3, 0.4) is 0 Å². The van der Waals surface area contributed by atoms with E-state index in [4.69, 9.17) is 16.3 Å². The van der Waals surface area contributed by atoms with Gasteiger partial charge in [0.1, 0.15) is 0 Å². The third kappa shape index (κ3) is 1.73. The molecule has 3 heteroatoms. The summed E-state index contributed by atoms with van der Waals surface area (Å²) in [5, 5.41) is 6.22. The molecule has 1 aliphatic heterocycles. The number of hydrogen-bond acceptors (Lipinski definition) is 2. The van der Waals surface area contributed by atoms with E-state index in [1.165, 1.54) is 0 Å². The highest BCUT2D eigenvalue weighted by molar-refractivity contribution is 6.35. The molecule has 0 saturated heterocycles. The summed E-state index contributed by atoms with van der Waals surface area (Å²) in [6.45, 7) is 0. The molecule has 0 aromatic heterocycles. The Bertz CT molecular complexity index is 786. The number of anilines is 1. The average molecular weight is 282 g/mol. The van der Waals surface area contributed by atoms with E-state index in [2.05, 4.69) is 11.4 Å². The van der Waals surface area contributed by atoms with Crippen molar-refractivity contribution in [2.75, 3.05) is 5.32 Å². The Morgan fingerprint density at radius 1 is 0.950 bits per heavy atom. The summed E-state index contributed by atoms with van der Waals surface area (Å²) in [6, 6.07) is 20.2. The molecule has 20 heavy (non-hydrogen) atoms. The molecule has 0 fully saturated rings. The van der Waals surface area contributed by atoms with Gasteiger partial charge in [-0.05, 0) is 11.5 Å². The second-order valence-corrected chi connectivity index (χ2v) is 5.24. The van der Waals surface area contributed by atoms with E-state index in [1.54, 1.807) is 0 Å². The van der Waals surface area contributed by atoms with Crippen molar-refractivity contribution in [2.45, 2.75) is 6.23 Å². The van der Waals surface area contributed by atoms with Gasteiger partial charge >= 0.3 is 0 Å². The molecule has 0 bridgehead atoms. The lowest BCUT2D eigenvalue weighted by Crippen LogP contribution is -2.09. The summed E-state index contributed by atoms with van der Waals surface area (Å²) in [6.07, 6.45) is -0.186. The van der Waals surface area contributed by atoms with Gasteiger partial charge in [-0.3, -0.25) is 0 Å². The zero-order valence-electron chi connectivity index (χ0n) is 10.6. The Balaban J connectivity index is 1.85. The summed E-state index contributed by atoms with van der Waals surface area (Å²) in [5.41, 5.74) is 1.96. The predicted octanol–water partition coefficient (Wildman–Crippen LogP) is 5.00. The van der Waals surface area contributed by atoms with Gasteiger partial charge in [0.05, 0.1) is 10.7 Å². The van der Waals surface area contributed by atoms with Crippen LogP contribution in [0, 0.1) is 0 Å². The smallest absolute Gasteiger partial charge is 0.196 e. The standard InChI is InChI=1S/C17H12ClNO/c18-14-10-12-8-4-5-9-13(12)16-15(14)19-17(20-16)11-6-2-1-3-7-11/h1-10,17,19H. The van der Waals surface area contributed by atoms with Crippen LogP contribution in [0.15, 0.2) is 60.7 Å². The van der Waals surface area contributed by atoms with Gasteiger partial charge in [0, 0.05) is 10.9 Å². The van der Waals surface area contributed by atoms with Crippen LogP contribution in [0.4, 0.5) is 5.69 Å². The molecule has 0 aliphatic carbocycles. The van der Waals surface area contributed by atoms with E-state index in [9.17, 15) is 0 Å². The molecule has 1 aliphatic rings. The van der Waals surface area contributed by atoms with Crippen LogP contribution in [-0.4, -0.2) is 0 Å². The van der Waals surface area contributed by atoms with Crippen molar-refractivity contribution >= 4 is 28.1 Å². The van der Waals surface area contributed by atoms with E-state index in [0.717, 1.165) is 27.8 Å². The third-order valence-corrected chi connectivity index (χ3v) is 3.87. The zero-order chi connectivity index (χ0) is 13.5. The van der Waals surface area contributed by atoms with Gasteiger partial charge in [0.2, 0.25) is 0 Å². The van der Waals surface area contributed by atoms with Crippen molar-refractivity contribution in [2.24, 2.45) is 0 Å². The summed E-state index contributed by atoms with van der Waals surface area (Å²) in [4.78, 5) is 0. The normalized spacial score (nSPS) is 16.6. The maximum Gasteiger partial charge on any atom is 0.196 e. The van der Waals surface area contributed by atoms with Crippen LogP contribution >= 0.6 is 11.6 Å². The largest absolute Gasteiger partial charge is 0.464 e. The van der Waals surface area contributed by atoms with Crippen molar-refractivity contribution in [3.05, 3.63) is 71.2 Å². The summed E-state index contributed by atoms with van der Waals surface area (Å²) in [5.74, 6) is 0.835. The van der Waals surface area contributed by atoms with Crippen molar-refractivity contribution in [3.8, 4) is 5.75 Å². The maximum absolute atomic E-state index is 6.36. The van der Waals surface area contributed by atoms with Crippen LogP contribution in [0.1, 0.15) is 11.8 Å². The van der Waals surface area contributed by atoms with Crippen LogP contribution in [0.2, 0.25) is 5.02 Å². The molecule has 4 rings (SSSR count). The molecule has 0 amide bonds. The molecular formula is C17H12ClNO. The molecule has 1 heterocycles. The number of ether oxygens (including phenoxy) is 1. The number of hydrogen-bond donors (Lipinski definition) is 1. The first-order chi connectivity index (χ1) is 9.83. The topological polar surface area (TPSA) is 21.3 Å². The average Bonchev–Trinajstić information content (AvgIpc) is 2.94. The Morgan fingerprint density at radius 3 is 2.55 bits per heavy atom. The summed E-state index contributed by atoms with van der Waals surface area (Å²) < 4.78 is 6.09. The van der Waals surface area contributed by atoms with E-state index >= 15 is 0 Å². The Morgan fingerprint density at radius 2 is 1.70 bits per heavy atom. The number of benzene rings is 3. The lowest BCUT2D eigenvalue weighted by Gasteiger charge is -2.11. The van der Waals surface area contributed by atoms with Crippen molar-refractivity contribution < 1.29 is 4.74 Å². The molecule has 98 valence electrons. The number of fused-ring (bicyclic) bond motifs is 3. The highest BCUT2D eigenvalue weighted by Crippen LogP contribution is 2.47. The summed E-state index contributed by atoms with van der Waals surface area (Å²) in [7, 11) is 0. The minimum Gasteiger partial charge on any atom is -0.464 e. The zero-order valence-corrected chi connectivity index (χ0v) is 11.4. The van der Waals surface area contributed by atoms with Gasteiger partial charge in [-0.2, -0.15) is 0 Å². The summed E-state index contributed by atoms with van der Waals surface area (Å²) >= 11 is 6.36. The lowest BCUT2D eigenvalue weighted by atomic mass is 10.1. The predicted molar refractivity (Wildman–Crippen MR) is 82.4 cm³/mol. The third-order valence-electron chi connectivity index (χ3n) is 3.57. The fraction of sp³-hybridized carbons (Fsp3) is 0.0588. The molecule has 3 aromatic rings. The van der Waals surface area contributed by atoms with Crippen LogP contribution < -0.4 is 10.1 Å². The van der Waals surface area contributed by atoms with Gasteiger partial charge in [-0.25, -0.2) is 0 Å². The van der Waals surface area contributed by atoms with Gasteiger partial charge in [-0.15, -0.1) is 0 Å². The Hall–Kier alpha value is -2.19. The molecule has 0 radical (unpaired) electrons. The highest BCUT2D eigenvalue weighted by Gasteiger charge is 2.27. The minimum absolute atomic E-state index is 0.186. The van der Waals surface area contributed by atoms with Crippen molar-refractivity contribution in [3.63, 3.8) is 0 Å². The first kappa shape index (κ1) is 11.6. The molecular weight excluding hydrogens is 270 g/mol. The van der Waals surface area contributed by atoms with Gasteiger partial charge in [-0.1, -0.05) is 66.2 Å². The number of nitrogens with one attached hydrogen (secondary N) is 1. The molecule has 0 saturated carbocycles.